The maximum absolute atomic E-state index is 2.39. The van der Waals surface area contributed by atoms with Crippen LogP contribution >= 0.6 is 0 Å². The van der Waals surface area contributed by atoms with Gasteiger partial charge in [0, 0.05) is 16.9 Å². The maximum Gasteiger partial charge on any atom is 0.0540 e. The van der Waals surface area contributed by atoms with Gasteiger partial charge in [-0.1, -0.05) is 200 Å². The van der Waals surface area contributed by atoms with Crippen molar-refractivity contribution in [3.8, 4) is 55.6 Å². The highest BCUT2D eigenvalue weighted by Gasteiger charge is 2.21. The van der Waals surface area contributed by atoms with Gasteiger partial charge >= 0.3 is 0 Å². The van der Waals surface area contributed by atoms with E-state index in [1.54, 1.807) is 0 Å². The molecular weight excluding hydrogens is 687 g/mol. The summed E-state index contributed by atoms with van der Waals surface area (Å²) in [5.74, 6) is 0. The second-order valence-electron chi connectivity index (χ2n) is 14.4. The van der Waals surface area contributed by atoms with E-state index >= 15 is 0 Å². The topological polar surface area (TPSA) is 3.24 Å². The average molecular weight is 726 g/mol. The molecule has 0 aliphatic rings. The van der Waals surface area contributed by atoms with E-state index < -0.39 is 0 Å². The summed E-state index contributed by atoms with van der Waals surface area (Å²) in [7, 11) is 0. The van der Waals surface area contributed by atoms with Gasteiger partial charge in [-0.15, -0.1) is 0 Å². The first-order valence-electron chi connectivity index (χ1n) is 19.6. The lowest BCUT2D eigenvalue weighted by Crippen LogP contribution is -2.11. The third-order valence-corrected chi connectivity index (χ3v) is 11.1. The fourth-order valence-corrected chi connectivity index (χ4v) is 8.47. The van der Waals surface area contributed by atoms with Crippen LogP contribution in [0.5, 0.6) is 0 Å². The third kappa shape index (κ3) is 6.36. The molecule has 10 aromatic carbocycles. The number of fused-ring (bicyclic) bond motifs is 3. The van der Waals surface area contributed by atoms with Crippen molar-refractivity contribution in [3.05, 3.63) is 237 Å². The summed E-state index contributed by atoms with van der Waals surface area (Å²) in [6.45, 7) is 0. The molecule has 0 aliphatic carbocycles. The van der Waals surface area contributed by atoms with Gasteiger partial charge < -0.3 is 4.90 Å². The predicted molar refractivity (Wildman–Crippen MR) is 243 cm³/mol. The lowest BCUT2D eigenvalue weighted by molar-refractivity contribution is 1.28. The molecule has 57 heavy (non-hydrogen) atoms. The molecule has 0 heterocycles. The molecule has 0 radical (unpaired) electrons. The normalized spacial score (nSPS) is 11.2. The summed E-state index contributed by atoms with van der Waals surface area (Å²) in [5.41, 5.74) is 15.4. The van der Waals surface area contributed by atoms with Crippen LogP contribution in [0.3, 0.4) is 0 Å². The predicted octanol–water partition coefficient (Wildman–Crippen LogP) is 15.8. The summed E-state index contributed by atoms with van der Waals surface area (Å²) in [6.07, 6.45) is 0. The molecule has 1 nitrogen and oxygen atoms in total. The number of benzene rings is 10. The van der Waals surface area contributed by atoms with Crippen molar-refractivity contribution in [1.82, 2.24) is 0 Å². The number of para-hydroxylation sites is 1. The van der Waals surface area contributed by atoms with Crippen molar-refractivity contribution >= 4 is 38.6 Å². The highest BCUT2D eigenvalue weighted by Crippen LogP contribution is 2.48. The minimum atomic E-state index is 1.09. The Morgan fingerprint density at radius 2 is 0.684 bits per heavy atom. The van der Waals surface area contributed by atoms with Crippen LogP contribution in [0.4, 0.5) is 17.1 Å². The summed E-state index contributed by atoms with van der Waals surface area (Å²) < 4.78 is 0. The van der Waals surface area contributed by atoms with Crippen LogP contribution < -0.4 is 4.90 Å². The number of anilines is 3. The van der Waals surface area contributed by atoms with E-state index in [1.807, 2.05) is 0 Å². The molecule has 0 aromatic heterocycles. The van der Waals surface area contributed by atoms with Crippen LogP contribution in [0.2, 0.25) is 0 Å². The van der Waals surface area contributed by atoms with Crippen molar-refractivity contribution in [1.29, 1.82) is 0 Å². The molecule has 0 atom stereocenters. The quantitative estimate of drug-likeness (QED) is 0.141. The molecular formula is C56H39N. The molecule has 0 saturated heterocycles. The van der Waals surface area contributed by atoms with Crippen LogP contribution in [-0.2, 0) is 0 Å². The van der Waals surface area contributed by atoms with Gasteiger partial charge in [0.2, 0.25) is 0 Å². The first-order valence-corrected chi connectivity index (χ1v) is 19.6. The smallest absolute Gasteiger partial charge is 0.0540 e. The first kappa shape index (κ1) is 34.0. The van der Waals surface area contributed by atoms with Gasteiger partial charge in [0.25, 0.3) is 0 Å². The largest absolute Gasteiger partial charge is 0.310 e. The Labute approximate surface area is 334 Å². The van der Waals surface area contributed by atoms with Crippen molar-refractivity contribution in [3.63, 3.8) is 0 Å². The van der Waals surface area contributed by atoms with Crippen LogP contribution in [0.15, 0.2) is 237 Å². The lowest BCUT2D eigenvalue weighted by Gasteiger charge is -2.28. The molecule has 0 amide bonds. The molecule has 0 saturated carbocycles. The minimum absolute atomic E-state index is 1.09. The molecule has 0 aliphatic heterocycles. The van der Waals surface area contributed by atoms with E-state index in [1.165, 1.54) is 77.2 Å². The fraction of sp³-hybridized carbons (Fsp3) is 0. The molecule has 0 fully saturated rings. The Kier molecular flexibility index (Phi) is 8.95. The van der Waals surface area contributed by atoms with Crippen molar-refractivity contribution in [2.45, 2.75) is 0 Å². The van der Waals surface area contributed by atoms with Crippen molar-refractivity contribution < 1.29 is 0 Å². The Bertz CT molecular complexity index is 2960. The zero-order valence-electron chi connectivity index (χ0n) is 31.5. The van der Waals surface area contributed by atoms with E-state index in [4.69, 9.17) is 0 Å². The van der Waals surface area contributed by atoms with Crippen molar-refractivity contribution in [2.75, 3.05) is 4.90 Å². The van der Waals surface area contributed by atoms with Gasteiger partial charge in [0.1, 0.15) is 0 Å². The summed E-state index contributed by atoms with van der Waals surface area (Å²) >= 11 is 0. The van der Waals surface area contributed by atoms with E-state index in [-0.39, 0.29) is 0 Å². The van der Waals surface area contributed by atoms with Gasteiger partial charge in [0.15, 0.2) is 0 Å². The second kappa shape index (κ2) is 15.0. The van der Waals surface area contributed by atoms with Gasteiger partial charge in [-0.05, 0) is 108 Å². The number of rotatable bonds is 8. The first-order chi connectivity index (χ1) is 28.3. The van der Waals surface area contributed by atoms with E-state index in [9.17, 15) is 0 Å². The third-order valence-electron chi connectivity index (χ3n) is 11.1. The summed E-state index contributed by atoms with van der Waals surface area (Å²) in [5, 5.41) is 5.02. The van der Waals surface area contributed by atoms with Crippen LogP contribution in [0.25, 0.3) is 77.2 Å². The Hall–Kier alpha value is -7.48. The van der Waals surface area contributed by atoms with E-state index in [2.05, 4.69) is 241 Å². The number of hydrogen-bond donors (Lipinski definition) is 0. The van der Waals surface area contributed by atoms with Crippen LogP contribution in [0, 0.1) is 0 Å². The Morgan fingerprint density at radius 3 is 1.30 bits per heavy atom. The zero-order chi connectivity index (χ0) is 38.0. The number of hydrogen-bond acceptors (Lipinski definition) is 1. The molecule has 0 unspecified atom stereocenters. The van der Waals surface area contributed by atoms with E-state index in [0.717, 1.165) is 17.1 Å². The van der Waals surface area contributed by atoms with Crippen LogP contribution in [0.1, 0.15) is 0 Å². The molecule has 10 aromatic rings. The molecule has 10 rings (SSSR count). The Morgan fingerprint density at radius 1 is 0.246 bits per heavy atom. The van der Waals surface area contributed by atoms with Gasteiger partial charge in [-0.25, -0.2) is 0 Å². The highest BCUT2D eigenvalue weighted by molar-refractivity contribution is 6.25. The molecule has 0 bridgehead atoms. The van der Waals surface area contributed by atoms with Gasteiger partial charge in [-0.2, -0.15) is 0 Å². The maximum atomic E-state index is 2.39. The van der Waals surface area contributed by atoms with Crippen LogP contribution in [-0.4, -0.2) is 0 Å². The fourth-order valence-electron chi connectivity index (χ4n) is 8.47. The monoisotopic (exact) mass is 725 g/mol. The molecule has 268 valence electrons. The van der Waals surface area contributed by atoms with Gasteiger partial charge in [0.05, 0.1) is 5.69 Å². The highest BCUT2D eigenvalue weighted by atomic mass is 15.1. The lowest BCUT2D eigenvalue weighted by atomic mass is 9.83. The molecule has 0 spiro atoms. The standard InChI is InChI=1S/C56H39N/c1-6-19-40(20-7-1)45-35-38-53(52(39-45)41-21-8-2-9-22-41)57(46-27-14-5-15-28-46)47-36-33-42(34-37-47)48-31-18-32-51-55(44-25-12-4-13-26-44)54(43-23-10-3-11-24-43)49-29-16-17-30-50(49)56(48)51/h1-39H. The minimum Gasteiger partial charge on any atom is -0.310 e. The second-order valence-corrected chi connectivity index (χ2v) is 14.4. The van der Waals surface area contributed by atoms with Crippen molar-refractivity contribution in [2.24, 2.45) is 0 Å². The molecule has 0 N–H and O–H groups in total. The Balaban J connectivity index is 1.16. The van der Waals surface area contributed by atoms with E-state index in [0.29, 0.717) is 0 Å². The van der Waals surface area contributed by atoms with Gasteiger partial charge in [-0.3, -0.25) is 0 Å². The average Bonchev–Trinajstić information content (AvgIpc) is 3.30. The summed E-state index contributed by atoms with van der Waals surface area (Å²) in [6, 6.07) is 85.5. The zero-order valence-corrected chi connectivity index (χ0v) is 31.5. The molecule has 1 heteroatoms. The summed E-state index contributed by atoms with van der Waals surface area (Å²) in [4.78, 5) is 2.39. The number of nitrogens with zero attached hydrogens (tertiary/aromatic N) is 1. The SMILES string of the molecule is c1ccc(-c2ccc(N(c3ccccc3)c3ccc(-c4cccc5c(-c6ccccc6)c(-c6ccccc6)c6ccccc6c45)cc3)c(-c3ccccc3)c2)cc1.